The number of nitrogens with one attached hydrogen (secondary N) is 1. The Balaban J connectivity index is 1.87. The van der Waals surface area contributed by atoms with Gasteiger partial charge in [0, 0.05) is 16.0 Å². The second kappa shape index (κ2) is 6.08. The fourth-order valence-electron chi connectivity index (χ4n) is 1.47. The highest BCUT2D eigenvalue weighted by Crippen LogP contribution is 2.27. The van der Waals surface area contributed by atoms with Crippen LogP contribution in [0.4, 0.5) is 13.2 Å². The summed E-state index contributed by atoms with van der Waals surface area (Å²) in [5, 5.41) is 7.00. The van der Waals surface area contributed by atoms with Crippen molar-refractivity contribution >= 4 is 23.5 Å². The van der Waals surface area contributed by atoms with E-state index in [0.29, 0.717) is 0 Å². The van der Waals surface area contributed by atoms with Crippen molar-refractivity contribution in [3.8, 4) is 0 Å². The monoisotopic (exact) mass is 316 g/mol. The van der Waals surface area contributed by atoms with E-state index in [4.69, 9.17) is 0 Å². The van der Waals surface area contributed by atoms with Crippen LogP contribution in [0.5, 0.6) is 0 Å². The molecule has 0 unspecified atom stereocenters. The van der Waals surface area contributed by atoms with Gasteiger partial charge in [-0.05, 0) is 25.1 Å². The van der Waals surface area contributed by atoms with E-state index in [-0.39, 0.29) is 6.54 Å². The van der Waals surface area contributed by atoms with Crippen LogP contribution >= 0.6 is 11.3 Å². The number of carbonyl (C=O) groups excluding carboxylic acids is 1. The molecule has 0 aromatic carbocycles. The van der Waals surface area contributed by atoms with E-state index in [2.05, 4.69) is 15.6 Å². The summed E-state index contributed by atoms with van der Waals surface area (Å²) in [5.74, 6) is -0.559. The second-order valence-electron chi connectivity index (χ2n) is 4.14. The van der Waals surface area contributed by atoms with Crippen molar-refractivity contribution in [1.29, 1.82) is 0 Å². The standard InChI is InChI=1S/C12H11F3N4OS/c1-8-2-3-9(21-8)6-16-17-11(20)7-19-5-4-10(18-19)12(13,14)15/h2-6H,7H2,1H3,(H,17,20)/b16-6-. The van der Waals surface area contributed by atoms with Crippen LogP contribution in [-0.2, 0) is 17.5 Å². The molecule has 9 heteroatoms. The molecule has 2 aromatic rings. The highest BCUT2D eigenvalue weighted by molar-refractivity contribution is 7.13. The minimum atomic E-state index is -4.52. The first-order valence-electron chi connectivity index (χ1n) is 5.83. The average Bonchev–Trinajstić information content (AvgIpc) is 2.98. The molecule has 1 N–H and O–H groups in total. The third-order valence-corrected chi connectivity index (χ3v) is 3.31. The third-order valence-electron chi connectivity index (χ3n) is 2.38. The Bertz CT molecular complexity index is 660. The molecule has 0 saturated heterocycles. The fraction of sp³-hybridized carbons (Fsp3) is 0.250. The summed E-state index contributed by atoms with van der Waals surface area (Å²) >= 11 is 1.51. The predicted octanol–water partition coefficient (Wildman–Crippen LogP) is 2.42. The zero-order chi connectivity index (χ0) is 15.5. The molecule has 2 aromatic heterocycles. The zero-order valence-corrected chi connectivity index (χ0v) is 11.7. The van der Waals surface area contributed by atoms with Crippen molar-refractivity contribution in [2.75, 3.05) is 0 Å². The molecule has 0 aliphatic heterocycles. The van der Waals surface area contributed by atoms with Crippen molar-refractivity contribution in [2.24, 2.45) is 5.10 Å². The number of rotatable bonds is 4. The van der Waals surface area contributed by atoms with Crippen molar-refractivity contribution in [3.63, 3.8) is 0 Å². The Morgan fingerprint density at radius 1 is 1.48 bits per heavy atom. The van der Waals surface area contributed by atoms with Gasteiger partial charge in [0.1, 0.15) is 6.54 Å². The van der Waals surface area contributed by atoms with E-state index in [9.17, 15) is 18.0 Å². The quantitative estimate of drug-likeness (QED) is 0.695. The number of amides is 1. The summed E-state index contributed by atoms with van der Waals surface area (Å²) in [4.78, 5) is 13.5. The molecular formula is C12H11F3N4OS. The maximum atomic E-state index is 12.3. The Hall–Kier alpha value is -2.16. The zero-order valence-electron chi connectivity index (χ0n) is 10.9. The van der Waals surface area contributed by atoms with Crippen LogP contribution in [0.2, 0.25) is 0 Å². The van der Waals surface area contributed by atoms with Gasteiger partial charge in [0.05, 0.1) is 6.21 Å². The summed E-state index contributed by atoms with van der Waals surface area (Å²) in [5.41, 5.74) is 1.20. The average molecular weight is 316 g/mol. The Morgan fingerprint density at radius 2 is 2.24 bits per heavy atom. The van der Waals surface area contributed by atoms with Crippen molar-refractivity contribution in [3.05, 3.63) is 39.8 Å². The molecule has 0 fully saturated rings. The van der Waals surface area contributed by atoms with Crippen molar-refractivity contribution in [2.45, 2.75) is 19.6 Å². The SMILES string of the molecule is Cc1ccc(/C=N\NC(=O)Cn2ccc(C(F)(F)F)n2)s1. The third kappa shape index (κ3) is 4.42. The lowest BCUT2D eigenvalue weighted by Gasteiger charge is -2.02. The summed E-state index contributed by atoms with van der Waals surface area (Å²) in [6.45, 7) is 1.60. The predicted molar refractivity (Wildman–Crippen MR) is 72.0 cm³/mol. The highest BCUT2D eigenvalue weighted by atomic mass is 32.1. The van der Waals surface area contributed by atoms with E-state index in [0.717, 1.165) is 26.7 Å². The largest absolute Gasteiger partial charge is 0.435 e. The molecule has 0 aliphatic rings. The molecule has 5 nitrogen and oxygen atoms in total. The number of hydrazone groups is 1. The number of alkyl halides is 3. The van der Waals surface area contributed by atoms with Gasteiger partial charge < -0.3 is 0 Å². The van der Waals surface area contributed by atoms with Crippen LogP contribution in [0.3, 0.4) is 0 Å². The lowest BCUT2D eigenvalue weighted by Crippen LogP contribution is -2.23. The number of thiophene rings is 1. The van der Waals surface area contributed by atoms with Crippen molar-refractivity contribution in [1.82, 2.24) is 15.2 Å². The van der Waals surface area contributed by atoms with Gasteiger partial charge >= 0.3 is 6.18 Å². The number of aromatic nitrogens is 2. The first-order valence-corrected chi connectivity index (χ1v) is 6.65. The van der Waals surface area contributed by atoms with E-state index in [1.165, 1.54) is 17.6 Å². The van der Waals surface area contributed by atoms with Crippen LogP contribution in [0.25, 0.3) is 0 Å². The molecule has 1 amide bonds. The molecule has 112 valence electrons. The lowest BCUT2D eigenvalue weighted by atomic mass is 10.4. The number of hydrogen-bond acceptors (Lipinski definition) is 4. The van der Waals surface area contributed by atoms with Gasteiger partial charge in [-0.1, -0.05) is 0 Å². The van der Waals surface area contributed by atoms with Crippen LogP contribution in [0.1, 0.15) is 15.4 Å². The molecule has 0 atom stereocenters. The van der Waals surface area contributed by atoms with Crippen LogP contribution < -0.4 is 5.43 Å². The van der Waals surface area contributed by atoms with E-state index in [1.54, 1.807) is 0 Å². The minimum absolute atomic E-state index is 0.336. The first-order chi connectivity index (χ1) is 9.84. The maximum absolute atomic E-state index is 12.3. The van der Waals surface area contributed by atoms with Gasteiger partial charge in [-0.3, -0.25) is 9.48 Å². The van der Waals surface area contributed by atoms with Crippen molar-refractivity contribution < 1.29 is 18.0 Å². The summed E-state index contributed by atoms with van der Waals surface area (Å²) < 4.78 is 37.9. The molecule has 2 heterocycles. The van der Waals surface area contributed by atoms with Crippen LogP contribution in [0, 0.1) is 6.92 Å². The normalized spacial score (nSPS) is 12.0. The molecule has 0 radical (unpaired) electrons. The minimum Gasteiger partial charge on any atom is -0.271 e. The van der Waals surface area contributed by atoms with Gasteiger partial charge in [0.15, 0.2) is 5.69 Å². The second-order valence-corrected chi connectivity index (χ2v) is 5.46. The Morgan fingerprint density at radius 3 is 2.81 bits per heavy atom. The molecule has 2 rings (SSSR count). The Labute approximate surface area is 122 Å². The number of halogens is 3. The molecule has 0 spiro atoms. The smallest absolute Gasteiger partial charge is 0.271 e. The fourth-order valence-corrected chi connectivity index (χ4v) is 2.22. The van der Waals surface area contributed by atoms with E-state index in [1.807, 2.05) is 19.1 Å². The number of hydrogen-bond donors (Lipinski definition) is 1. The number of aryl methyl sites for hydroxylation is 1. The topological polar surface area (TPSA) is 59.3 Å². The highest BCUT2D eigenvalue weighted by Gasteiger charge is 2.33. The van der Waals surface area contributed by atoms with Gasteiger partial charge in [0.25, 0.3) is 5.91 Å². The van der Waals surface area contributed by atoms with Gasteiger partial charge in [-0.25, -0.2) is 5.43 Å². The van der Waals surface area contributed by atoms with Crippen LogP contribution in [0.15, 0.2) is 29.5 Å². The molecule has 0 aliphatic carbocycles. The van der Waals surface area contributed by atoms with E-state index >= 15 is 0 Å². The van der Waals surface area contributed by atoms with Crippen LogP contribution in [-0.4, -0.2) is 21.9 Å². The summed E-state index contributed by atoms with van der Waals surface area (Å²) in [6, 6.07) is 4.57. The van der Waals surface area contributed by atoms with Gasteiger partial charge in [0.2, 0.25) is 0 Å². The summed E-state index contributed by atoms with van der Waals surface area (Å²) in [7, 11) is 0. The lowest BCUT2D eigenvalue weighted by molar-refractivity contribution is -0.141. The maximum Gasteiger partial charge on any atom is 0.435 e. The molecule has 0 saturated carbocycles. The molecule has 21 heavy (non-hydrogen) atoms. The van der Waals surface area contributed by atoms with Gasteiger partial charge in [-0.2, -0.15) is 23.4 Å². The summed E-state index contributed by atoms with van der Waals surface area (Å²) in [6.07, 6.45) is -1.95. The Kier molecular flexibility index (Phi) is 4.41. The van der Waals surface area contributed by atoms with Gasteiger partial charge in [-0.15, -0.1) is 11.3 Å². The van der Waals surface area contributed by atoms with E-state index < -0.39 is 17.8 Å². The number of carbonyl (C=O) groups is 1. The first kappa shape index (κ1) is 15.2. The molecule has 0 bridgehead atoms. The number of nitrogens with zero attached hydrogens (tertiary/aromatic N) is 3. The molecular weight excluding hydrogens is 305 g/mol.